The summed E-state index contributed by atoms with van der Waals surface area (Å²) in [6, 6.07) is 15.8. The number of nitrogens with zero attached hydrogens (tertiary/aromatic N) is 1. The van der Waals surface area contributed by atoms with Gasteiger partial charge in [0.2, 0.25) is 5.89 Å². The molecule has 0 radical (unpaired) electrons. The molecule has 0 spiro atoms. The molecule has 5 nitrogen and oxygen atoms in total. The number of carbonyl (C=O) groups is 1. The average molecular weight is 407 g/mol. The standard InChI is InChI=1S/C23H21NO4S/c1-15-19(24-23(28-15)17-5-3-2-4-6-17)11-13-27-20-9-7-16(8-10-21(25)26)18-12-14-29-22(18)20/h2-7,9,12,14H,8,10-11,13H2,1H3,(H,25,26). The van der Waals surface area contributed by atoms with Crippen molar-refractivity contribution in [1.29, 1.82) is 0 Å². The number of ether oxygens (including phenoxy) is 1. The predicted octanol–water partition coefficient (Wildman–Crippen LogP) is 5.50. The Morgan fingerprint density at radius 2 is 1.97 bits per heavy atom. The molecule has 0 saturated heterocycles. The summed E-state index contributed by atoms with van der Waals surface area (Å²) in [5.41, 5.74) is 2.89. The molecule has 0 unspecified atom stereocenters. The van der Waals surface area contributed by atoms with Crippen molar-refractivity contribution < 1.29 is 19.1 Å². The van der Waals surface area contributed by atoms with E-state index in [-0.39, 0.29) is 6.42 Å². The lowest BCUT2D eigenvalue weighted by molar-refractivity contribution is -0.136. The van der Waals surface area contributed by atoms with E-state index in [0.717, 1.165) is 38.4 Å². The molecule has 2 aromatic heterocycles. The van der Waals surface area contributed by atoms with Crippen LogP contribution in [-0.4, -0.2) is 22.7 Å². The number of oxazole rings is 1. The first kappa shape index (κ1) is 19.2. The lowest BCUT2D eigenvalue weighted by atomic mass is 10.1. The summed E-state index contributed by atoms with van der Waals surface area (Å²) >= 11 is 1.61. The first-order valence-electron chi connectivity index (χ1n) is 9.47. The fourth-order valence-electron chi connectivity index (χ4n) is 3.29. The van der Waals surface area contributed by atoms with Crippen LogP contribution in [0.25, 0.3) is 21.5 Å². The molecule has 2 aromatic carbocycles. The molecule has 2 heterocycles. The van der Waals surface area contributed by atoms with E-state index < -0.39 is 5.97 Å². The number of hydrogen-bond donors (Lipinski definition) is 1. The van der Waals surface area contributed by atoms with Crippen LogP contribution in [0, 0.1) is 6.92 Å². The van der Waals surface area contributed by atoms with E-state index in [1.807, 2.05) is 60.8 Å². The summed E-state index contributed by atoms with van der Waals surface area (Å²) in [6.45, 7) is 2.41. The van der Waals surface area contributed by atoms with Crippen LogP contribution in [-0.2, 0) is 17.6 Å². The van der Waals surface area contributed by atoms with Gasteiger partial charge in [-0.1, -0.05) is 24.3 Å². The number of fused-ring (bicyclic) bond motifs is 1. The van der Waals surface area contributed by atoms with Crippen molar-refractivity contribution in [2.24, 2.45) is 0 Å². The summed E-state index contributed by atoms with van der Waals surface area (Å²) in [4.78, 5) is 15.5. The van der Waals surface area contributed by atoms with E-state index in [2.05, 4.69) is 4.98 Å². The average Bonchev–Trinajstić information content (AvgIpc) is 3.35. The van der Waals surface area contributed by atoms with Gasteiger partial charge in [-0.2, -0.15) is 0 Å². The Labute approximate surface area is 172 Å². The third kappa shape index (κ3) is 4.32. The summed E-state index contributed by atoms with van der Waals surface area (Å²) in [5, 5.41) is 12.0. The smallest absolute Gasteiger partial charge is 0.303 e. The molecule has 0 atom stereocenters. The van der Waals surface area contributed by atoms with Gasteiger partial charge < -0.3 is 14.3 Å². The van der Waals surface area contributed by atoms with Crippen LogP contribution in [0.4, 0.5) is 0 Å². The van der Waals surface area contributed by atoms with Gasteiger partial charge in [-0.15, -0.1) is 11.3 Å². The van der Waals surface area contributed by atoms with E-state index in [9.17, 15) is 4.79 Å². The molecule has 4 rings (SSSR count). The van der Waals surface area contributed by atoms with Crippen LogP contribution in [0.3, 0.4) is 0 Å². The molecule has 148 valence electrons. The Bertz CT molecular complexity index is 1130. The van der Waals surface area contributed by atoms with Crippen LogP contribution in [0.2, 0.25) is 0 Å². The number of aryl methyl sites for hydroxylation is 2. The number of aliphatic carboxylic acids is 1. The number of thiophene rings is 1. The summed E-state index contributed by atoms with van der Waals surface area (Å²) in [5.74, 6) is 1.46. The second-order valence-electron chi connectivity index (χ2n) is 6.77. The molecular weight excluding hydrogens is 386 g/mol. The molecule has 0 saturated carbocycles. The van der Waals surface area contributed by atoms with Gasteiger partial charge in [0, 0.05) is 18.4 Å². The highest BCUT2D eigenvalue weighted by molar-refractivity contribution is 7.17. The first-order chi connectivity index (χ1) is 14.1. The molecular formula is C23H21NO4S. The second-order valence-corrected chi connectivity index (χ2v) is 7.68. The lowest BCUT2D eigenvalue weighted by Crippen LogP contribution is -2.03. The van der Waals surface area contributed by atoms with E-state index in [1.165, 1.54) is 0 Å². The van der Waals surface area contributed by atoms with Crippen LogP contribution in [0.15, 0.2) is 58.3 Å². The maximum absolute atomic E-state index is 10.9. The fourth-order valence-corrected chi connectivity index (χ4v) is 4.20. The molecule has 0 amide bonds. The zero-order chi connectivity index (χ0) is 20.2. The lowest BCUT2D eigenvalue weighted by Gasteiger charge is -2.09. The minimum Gasteiger partial charge on any atom is -0.492 e. The topological polar surface area (TPSA) is 72.6 Å². The van der Waals surface area contributed by atoms with Gasteiger partial charge in [-0.3, -0.25) is 4.79 Å². The van der Waals surface area contributed by atoms with Gasteiger partial charge in [0.05, 0.1) is 17.0 Å². The number of carboxylic acid groups (broad SMARTS) is 1. The number of aromatic nitrogens is 1. The number of benzene rings is 2. The molecule has 0 fully saturated rings. The third-order valence-electron chi connectivity index (χ3n) is 4.79. The maximum Gasteiger partial charge on any atom is 0.303 e. The molecule has 1 N–H and O–H groups in total. The van der Waals surface area contributed by atoms with Crippen LogP contribution in [0.1, 0.15) is 23.4 Å². The quantitative estimate of drug-likeness (QED) is 0.417. The van der Waals surface area contributed by atoms with E-state index >= 15 is 0 Å². The Kier molecular flexibility index (Phi) is 5.62. The van der Waals surface area contributed by atoms with E-state index in [4.69, 9.17) is 14.3 Å². The van der Waals surface area contributed by atoms with Gasteiger partial charge in [0.25, 0.3) is 0 Å². The summed E-state index contributed by atoms with van der Waals surface area (Å²) in [7, 11) is 0. The van der Waals surface area contributed by atoms with E-state index in [1.54, 1.807) is 11.3 Å². The van der Waals surface area contributed by atoms with Gasteiger partial charge in [-0.25, -0.2) is 4.98 Å². The number of rotatable bonds is 8. The maximum atomic E-state index is 10.9. The van der Waals surface area contributed by atoms with Crippen molar-refractivity contribution >= 4 is 27.4 Å². The van der Waals surface area contributed by atoms with Crippen molar-refractivity contribution in [3.8, 4) is 17.2 Å². The summed E-state index contributed by atoms with van der Waals surface area (Å²) < 4.78 is 12.9. The molecule has 0 aliphatic heterocycles. The minimum atomic E-state index is -0.786. The number of carboxylic acids is 1. The highest BCUT2D eigenvalue weighted by Gasteiger charge is 2.13. The highest BCUT2D eigenvalue weighted by Crippen LogP contribution is 2.34. The number of hydrogen-bond acceptors (Lipinski definition) is 5. The van der Waals surface area contributed by atoms with Crippen LogP contribution in [0.5, 0.6) is 5.75 Å². The monoisotopic (exact) mass is 407 g/mol. The van der Waals surface area contributed by atoms with Crippen LogP contribution >= 0.6 is 11.3 Å². The van der Waals surface area contributed by atoms with E-state index in [0.29, 0.717) is 25.3 Å². The molecule has 0 aliphatic rings. The SMILES string of the molecule is Cc1oc(-c2ccccc2)nc1CCOc1ccc(CCC(=O)O)c2ccsc12. The van der Waals surface area contributed by atoms with Crippen molar-refractivity contribution in [2.75, 3.05) is 6.61 Å². The summed E-state index contributed by atoms with van der Waals surface area (Å²) in [6.07, 6.45) is 1.29. The second kappa shape index (κ2) is 8.49. The van der Waals surface area contributed by atoms with Crippen LogP contribution < -0.4 is 4.74 Å². The van der Waals surface area contributed by atoms with Gasteiger partial charge >= 0.3 is 5.97 Å². The van der Waals surface area contributed by atoms with Gasteiger partial charge in [-0.05, 0) is 53.9 Å². The Balaban J connectivity index is 1.44. The zero-order valence-corrected chi connectivity index (χ0v) is 16.9. The van der Waals surface area contributed by atoms with Gasteiger partial charge in [0.15, 0.2) is 0 Å². The Hall–Kier alpha value is -3.12. The minimum absolute atomic E-state index is 0.125. The van der Waals surface area contributed by atoms with Crippen molar-refractivity contribution in [3.05, 3.63) is 70.9 Å². The molecule has 0 aliphatic carbocycles. The largest absolute Gasteiger partial charge is 0.492 e. The Morgan fingerprint density at radius 3 is 2.76 bits per heavy atom. The van der Waals surface area contributed by atoms with Crippen molar-refractivity contribution in [1.82, 2.24) is 4.98 Å². The molecule has 0 bridgehead atoms. The van der Waals surface area contributed by atoms with Gasteiger partial charge in [0.1, 0.15) is 11.5 Å². The first-order valence-corrected chi connectivity index (χ1v) is 10.3. The third-order valence-corrected chi connectivity index (χ3v) is 5.72. The highest BCUT2D eigenvalue weighted by atomic mass is 32.1. The Morgan fingerprint density at radius 1 is 1.14 bits per heavy atom. The molecule has 6 heteroatoms. The fraction of sp³-hybridized carbons (Fsp3) is 0.217. The molecule has 4 aromatic rings. The zero-order valence-electron chi connectivity index (χ0n) is 16.1. The normalized spacial score (nSPS) is 11.1. The molecule has 29 heavy (non-hydrogen) atoms. The van der Waals surface area contributed by atoms with Crippen molar-refractivity contribution in [3.63, 3.8) is 0 Å². The predicted molar refractivity (Wildman–Crippen MR) is 114 cm³/mol. The van der Waals surface area contributed by atoms with Crippen molar-refractivity contribution in [2.45, 2.75) is 26.2 Å².